The molecule has 0 aromatic heterocycles. The quantitative estimate of drug-likeness (QED) is 0.253. The summed E-state index contributed by atoms with van der Waals surface area (Å²) >= 11 is 6.03. The van der Waals surface area contributed by atoms with Gasteiger partial charge in [-0.3, -0.25) is 0 Å². The summed E-state index contributed by atoms with van der Waals surface area (Å²) < 4.78 is 10.9. The highest BCUT2D eigenvalue weighted by Crippen LogP contribution is 2.29. The summed E-state index contributed by atoms with van der Waals surface area (Å²) in [7, 11) is 1.41. The molecule has 3 rings (SSSR count). The van der Waals surface area contributed by atoms with Crippen molar-refractivity contribution < 1.29 is 14.3 Å². The van der Waals surface area contributed by atoms with E-state index in [4.69, 9.17) is 21.1 Å². The van der Waals surface area contributed by atoms with Crippen molar-refractivity contribution in [3.05, 3.63) is 94.0 Å². The Bertz CT molecular complexity index is 1010. The largest absolute Gasteiger partial charge is 0.465 e. The molecule has 4 heteroatoms. The lowest BCUT2D eigenvalue weighted by Gasteiger charge is -2.13. The molecule has 0 aliphatic rings. The van der Waals surface area contributed by atoms with Crippen molar-refractivity contribution in [2.75, 3.05) is 13.7 Å². The van der Waals surface area contributed by atoms with Crippen molar-refractivity contribution in [1.82, 2.24) is 0 Å². The van der Waals surface area contributed by atoms with Gasteiger partial charge >= 0.3 is 5.97 Å². The molecule has 0 atom stereocenters. The van der Waals surface area contributed by atoms with Crippen LogP contribution in [-0.4, -0.2) is 19.7 Å². The maximum atomic E-state index is 12.3. The fourth-order valence-electron chi connectivity index (χ4n) is 3.66. The van der Waals surface area contributed by atoms with E-state index >= 15 is 0 Å². The minimum atomic E-state index is -0.328. The highest BCUT2D eigenvalue weighted by molar-refractivity contribution is 6.30. The molecule has 0 radical (unpaired) electrons. The van der Waals surface area contributed by atoms with Gasteiger partial charge in [0.2, 0.25) is 0 Å². The Morgan fingerprint density at radius 2 is 1.71 bits per heavy atom. The van der Waals surface area contributed by atoms with Gasteiger partial charge < -0.3 is 9.47 Å². The molecule has 0 N–H and O–H groups in total. The molecule has 0 saturated carbocycles. The predicted octanol–water partition coefficient (Wildman–Crippen LogP) is 7.03. The first kappa shape index (κ1) is 23.1. The lowest BCUT2D eigenvalue weighted by molar-refractivity contribution is 0.0601. The van der Waals surface area contributed by atoms with Crippen LogP contribution in [-0.2, 0) is 22.5 Å². The fraction of sp³-hybridized carbons (Fsp3) is 0.296. The minimum absolute atomic E-state index is 0.328. The molecule has 0 fully saturated rings. The van der Waals surface area contributed by atoms with E-state index in [0.717, 1.165) is 53.0 Å². The van der Waals surface area contributed by atoms with Gasteiger partial charge in [-0.25, -0.2) is 4.79 Å². The monoisotopic (exact) mass is 436 g/mol. The number of aryl methyl sites for hydroxylation is 2. The molecule has 3 aromatic rings. The molecular weight excluding hydrogens is 408 g/mol. The van der Waals surface area contributed by atoms with Gasteiger partial charge in [0.15, 0.2) is 0 Å². The van der Waals surface area contributed by atoms with E-state index in [0.29, 0.717) is 18.8 Å². The molecule has 31 heavy (non-hydrogen) atoms. The van der Waals surface area contributed by atoms with Gasteiger partial charge in [-0.15, -0.1) is 0 Å². The standard InChI is InChI=1S/C27H29ClO3/c1-20-9-5-6-13-24(20)26-18-22(14-15-25(26)27(29)30-2)19-31-16-7-3-4-10-21-11-8-12-23(28)17-21/h5-6,8-9,11-15,17-18H,3-4,7,10,16,19H2,1-2H3. The SMILES string of the molecule is COC(=O)c1ccc(COCCCCCc2cccc(Cl)c2)cc1-c1ccccc1C. The van der Waals surface area contributed by atoms with Crippen LogP contribution in [0.2, 0.25) is 5.02 Å². The van der Waals surface area contributed by atoms with E-state index in [-0.39, 0.29) is 5.97 Å². The number of ether oxygens (including phenoxy) is 2. The number of benzene rings is 3. The van der Waals surface area contributed by atoms with E-state index in [1.165, 1.54) is 12.7 Å². The second kappa shape index (κ2) is 11.7. The number of unbranched alkanes of at least 4 members (excludes halogenated alkanes) is 2. The van der Waals surface area contributed by atoms with Gasteiger partial charge in [0, 0.05) is 11.6 Å². The highest BCUT2D eigenvalue weighted by Gasteiger charge is 2.15. The Morgan fingerprint density at radius 1 is 0.871 bits per heavy atom. The summed E-state index contributed by atoms with van der Waals surface area (Å²) in [6.45, 7) is 3.28. The van der Waals surface area contributed by atoms with Crippen LogP contribution < -0.4 is 0 Å². The third kappa shape index (κ3) is 6.68. The van der Waals surface area contributed by atoms with Crippen LogP contribution in [0, 0.1) is 6.92 Å². The van der Waals surface area contributed by atoms with Gasteiger partial charge in [0.05, 0.1) is 19.3 Å². The zero-order valence-corrected chi connectivity index (χ0v) is 19.0. The fourth-order valence-corrected chi connectivity index (χ4v) is 3.87. The van der Waals surface area contributed by atoms with Crippen molar-refractivity contribution in [2.24, 2.45) is 0 Å². The summed E-state index contributed by atoms with van der Waals surface area (Å²) in [4.78, 5) is 12.3. The topological polar surface area (TPSA) is 35.5 Å². The zero-order chi connectivity index (χ0) is 22.1. The number of carbonyl (C=O) groups excluding carboxylic acids is 1. The number of hydrogen-bond donors (Lipinski definition) is 0. The lowest BCUT2D eigenvalue weighted by Crippen LogP contribution is -2.05. The van der Waals surface area contributed by atoms with E-state index in [2.05, 4.69) is 6.07 Å². The first-order valence-electron chi connectivity index (χ1n) is 10.7. The summed E-state index contributed by atoms with van der Waals surface area (Å²) in [6, 6.07) is 21.9. The lowest BCUT2D eigenvalue weighted by atomic mass is 9.94. The number of hydrogen-bond acceptors (Lipinski definition) is 3. The molecular formula is C27H29ClO3. The Kier molecular flexibility index (Phi) is 8.69. The van der Waals surface area contributed by atoms with Crippen molar-refractivity contribution in [3.63, 3.8) is 0 Å². The number of esters is 1. The van der Waals surface area contributed by atoms with Gasteiger partial charge in [-0.05, 0) is 78.3 Å². The molecule has 3 nitrogen and oxygen atoms in total. The first-order valence-corrected chi connectivity index (χ1v) is 11.1. The molecule has 0 saturated heterocycles. The highest BCUT2D eigenvalue weighted by atomic mass is 35.5. The van der Waals surface area contributed by atoms with Crippen LogP contribution in [0.3, 0.4) is 0 Å². The predicted molar refractivity (Wildman–Crippen MR) is 127 cm³/mol. The molecule has 0 amide bonds. The van der Waals surface area contributed by atoms with Crippen LogP contribution in [0.4, 0.5) is 0 Å². The molecule has 162 valence electrons. The van der Waals surface area contributed by atoms with E-state index in [1.54, 1.807) is 0 Å². The average Bonchev–Trinajstić information content (AvgIpc) is 2.78. The van der Waals surface area contributed by atoms with E-state index in [1.807, 2.05) is 67.6 Å². The van der Waals surface area contributed by atoms with Crippen molar-refractivity contribution in [3.8, 4) is 11.1 Å². The Labute approximate surface area is 190 Å². The normalized spacial score (nSPS) is 10.8. The summed E-state index contributed by atoms with van der Waals surface area (Å²) in [5.41, 5.74) is 5.93. The minimum Gasteiger partial charge on any atom is -0.465 e. The maximum Gasteiger partial charge on any atom is 0.338 e. The molecule has 0 aliphatic heterocycles. The van der Waals surface area contributed by atoms with Gasteiger partial charge in [-0.2, -0.15) is 0 Å². The third-order valence-electron chi connectivity index (χ3n) is 5.34. The van der Waals surface area contributed by atoms with Crippen LogP contribution in [0.15, 0.2) is 66.7 Å². The van der Waals surface area contributed by atoms with E-state index in [9.17, 15) is 4.79 Å². The molecule has 0 aliphatic carbocycles. The van der Waals surface area contributed by atoms with E-state index < -0.39 is 0 Å². The van der Waals surface area contributed by atoms with Gasteiger partial charge in [-0.1, -0.05) is 60.5 Å². The molecule has 0 unspecified atom stereocenters. The smallest absolute Gasteiger partial charge is 0.338 e. The zero-order valence-electron chi connectivity index (χ0n) is 18.2. The molecule has 0 spiro atoms. The molecule has 0 heterocycles. The average molecular weight is 437 g/mol. The number of rotatable bonds is 10. The number of methoxy groups -OCH3 is 1. The second-order valence-corrected chi connectivity index (χ2v) is 8.12. The second-order valence-electron chi connectivity index (χ2n) is 7.68. The third-order valence-corrected chi connectivity index (χ3v) is 5.57. The number of carbonyl (C=O) groups is 1. The van der Waals surface area contributed by atoms with Crippen molar-refractivity contribution in [1.29, 1.82) is 0 Å². The van der Waals surface area contributed by atoms with Crippen LogP contribution in [0.25, 0.3) is 11.1 Å². The van der Waals surface area contributed by atoms with Crippen LogP contribution in [0.5, 0.6) is 0 Å². The summed E-state index contributed by atoms with van der Waals surface area (Å²) in [5, 5.41) is 0.795. The maximum absolute atomic E-state index is 12.3. The molecule has 3 aromatic carbocycles. The Hall–Kier alpha value is -2.62. The molecule has 0 bridgehead atoms. The number of halogens is 1. The first-order chi connectivity index (χ1) is 15.1. The Balaban J connectivity index is 1.53. The van der Waals surface area contributed by atoms with Crippen LogP contribution >= 0.6 is 11.6 Å². The van der Waals surface area contributed by atoms with Crippen LogP contribution in [0.1, 0.15) is 46.3 Å². The summed E-state index contributed by atoms with van der Waals surface area (Å²) in [6.07, 6.45) is 4.29. The Morgan fingerprint density at radius 3 is 2.48 bits per heavy atom. The summed E-state index contributed by atoms with van der Waals surface area (Å²) in [5.74, 6) is -0.328. The van der Waals surface area contributed by atoms with Gasteiger partial charge in [0.25, 0.3) is 0 Å². The van der Waals surface area contributed by atoms with Crippen molar-refractivity contribution in [2.45, 2.75) is 39.2 Å². The van der Waals surface area contributed by atoms with Crippen molar-refractivity contribution >= 4 is 17.6 Å². The van der Waals surface area contributed by atoms with Gasteiger partial charge in [0.1, 0.15) is 0 Å².